The lowest BCUT2D eigenvalue weighted by molar-refractivity contribution is -0.134. The third-order valence-electron chi connectivity index (χ3n) is 3.10. The zero-order chi connectivity index (χ0) is 13.0. The highest BCUT2D eigenvalue weighted by Crippen LogP contribution is 2.09. The van der Waals surface area contributed by atoms with Crippen LogP contribution in [0.2, 0.25) is 0 Å². The predicted molar refractivity (Wildman–Crippen MR) is 66.6 cm³/mol. The Morgan fingerprint density at radius 3 is 2.12 bits per heavy atom. The van der Waals surface area contributed by atoms with E-state index in [-0.39, 0.29) is 23.9 Å². The van der Waals surface area contributed by atoms with Gasteiger partial charge in [-0.15, -0.1) is 0 Å². The molecule has 1 heterocycles. The Kier molecular flexibility index (Phi) is 4.93. The van der Waals surface area contributed by atoms with Crippen molar-refractivity contribution in [2.45, 2.75) is 38.8 Å². The Morgan fingerprint density at radius 2 is 1.65 bits per heavy atom. The zero-order valence-corrected chi connectivity index (χ0v) is 11.2. The number of likely N-dealkylation sites (tertiary alicyclic amines) is 1. The molecule has 2 unspecified atom stereocenters. The molecule has 1 N–H and O–H groups in total. The summed E-state index contributed by atoms with van der Waals surface area (Å²) in [6.45, 7) is 5.30. The van der Waals surface area contributed by atoms with Crippen molar-refractivity contribution >= 4 is 11.8 Å². The SMILES string of the molecule is CC(NC(C)C(=O)N1CCCC1)C(=O)N(C)C. The molecule has 0 spiro atoms. The Bertz CT molecular complexity index is 285. The number of nitrogens with zero attached hydrogens (tertiary/aromatic N) is 2. The summed E-state index contributed by atoms with van der Waals surface area (Å²) < 4.78 is 0. The topological polar surface area (TPSA) is 52.7 Å². The van der Waals surface area contributed by atoms with E-state index >= 15 is 0 Å². The summed E-state index contributed by atoms with van der Waals surface area (Å²) in [5.41, 5.74) is 0. The third kappa shape index (κ3) is 3.70. The highest BCUT2D eigenvalue weighted by atomic mass is 16.2. The molecule has 0 aromatic heterocycles. The number of hydrogen-bond acceptors (Lipinski definition) is 3. The van der Waals surface area contributed by atoms with Crippen molar-refractivity contribution in [1.82, 2.24) is 15.1 Å². The quantitative estimate of drug-likeness (QED) is 0.757. The first-order chi connectivity index (χ1) is 7.93. The summed E-state index contributed by atoms with van der Waals surface area (Å²) in [6.07, 6.45) is 2.18. The lowest BCUT2D eigenvalue weighted by Gasteiger charge is -2.25. The van der Waals surface area contributed by atoms with Crippen LogP contribution in [0, 0.1) is 0 Å². The summed E-state index contributed by atoms with van der Waals surface area (Å²) in [7, 11) is 3.43. The second-order valence-corrected chi connectivity index (χ2v) is 4.88. The third-order valence-corrected chi connectivity index (χ3v) is 3.10. The van der Waals surface area contributed by atoms with Crippen LogP contribution in [0.3, 0.4) is 0 Å². The van der Waals surface area contributed by atoms with Gasteiger partial charge >= 0.3 is 0 Å². The Morgan fingerprint density at radius 1 is 1.12 bits per heavy atom. The van der Waals surface area contributed by atoms with Crippen LogP contribution in [-0.4, -0.2) is 60.9 Å². The van der Waals surface area contributed by atoms with Gasteiger partial charge in [0, 0.05) is 27.2 Å². The number of likely N-dealkylation sites (N-methyl/N-ethyl adjacent to an activating group) is 1. The van der Waals surface area contributed by atoms with Crippen LogP contribution in [0.1, 0.15) is 26.7 Å². The molecular formula is C12H23N3O2. The van der Waals surface area contributed by atoms with E-state index in [2.05, 4.69) is 5.32 Å². The minimum Gasteiger partial charge on any atom is -0.347 e. The van der Waals surface area contributed by atoms with Gasteiger partial charge in [-0.25, -0.2) is 0 Å². The van der Waals surface area contributed by atoms with Crippen molar-refractivity contribution in [2.75, 3.05) is 27.2 Å². The average molecular weight is 241 g/mol. The van der Waals surface area contributed by atoms with Crippen LogP contribution >= 0.6 is 0 Å². The second kappa shape index (κ2) is 6.00. The first-order valence-electron chi connectivity index (χ1n) is 6.19. The highest BCUT2D eigenvalue weighted by Gasteiger charge is 2.26. The van der Waals surface area contributed by atoms with Gasteiger partial charge in [0.2, 0.25) is 11.8 Å². The summed E-state index contributed by atoms with van der Waals surface area (Å²) in [4.78, 5) is 27.1. The molecule has 0 radical (unpaired) electrons. The molecule has 2 atom stereocenters. The van der Waals surface area contributed by atoms with Crippen LogP contribution in [0.25, 0.3) is 0 Å². The minimum absolute atomic E-state index is 0.00827. The van der Waals surface area contributed by atoms with Gasteiger partial charge in [0.1, 0.15) is 0 Å². The molecule has 0 saturated carbocycles. The van der Waals surface area contributed by atoms with E-state index in [9.17, 15) is 9.59 Å². The van der Waals surface area contributed by atoms with Gasteiger partial charge in [-0.3, -0.25) is 14.9 Å². The maximum absolute atomic E-state index is 12.0. The van der Waals surface area contributed by atoms with Crippen LogP contribution in [0.15, 0.2) is 0 Å². The molecule has 1 aliphatic rings. The van der Waals surface area contributed by atoms with E-state index in [1.165, 1.54) is 4.90 Å². The molecule has 98 valence electrons. The van der Waals surface area contributed by atoms with E-state index in [1.807, 2.05) is 11.8 Å². The first kappa shape index (κ1) is 14.0. The van der Waals surface area contributed by atoms with Crippen molar-refractivity contribution < 1.29 is 9.59 Å². The number of rotatable bonds is 4. The van der Waals surface area contributed by atoms with Crippen LogP contribution in [-0.2, 0) is 9.59 Å². The lowest BCUT2D eigenvalue weighted by Crippen LogP contribution is -2.51. The molecule has 5 nitrogen and oxygen atoms in total. The molecule has 17 heavy (non-hydrogen) atoms. The molecule has 2 amide bonds. The Hall–Kier alpha value is -1.10. The fourth-order valence-electron chi connectivity index (χ4n) is 2.12. The van der Waals surface area contributed by atoms with E-state index in [0.717, 1.165) is 25.9 Å². The summed E-state index contributed by atoms with van der Waals surface area (Å²) in [5.74, 6) is 0.0898. The molecule has 0 aliphatic carbocycles. The molecule has 1 rings (SSSR count). The van der Waals surface area contributed by atoms with Gasteiger partial charge in [-0.2, -0.15) is 0 Å². The van der Waals surface area contributed by atoms with E-state index in [1.54, 1.807) is 21.0 Å². The number of carbonyl (C=O) groups excluding carboxylic acids is 2. The first-order valence-corrected chi connectivity index (χ1v) is 6.19. The second-order valence-electron chi connectivity index (χ2n) is 4.88. The molecule has 1 fully saturated rings. The van der Waals surface area contributed by atoms with Crippen molar-refractivity contribution in [3.63, 3.8) is 0 Å². The average Bonchev–Trinajstić information content (AvgIpc) is 2.79. The molecule has 0 aromatic rings. The van der Waals surface area contributed by atoms with E-state index in [0.29, 0.717) is 0 Å². The zero-order valence-electron chi connectivity index (χ0n) is 11.2. The van der Waals surface area contributed by atoms with Crippen molar-refractivity contribution in [3.8, 4) is 0 Å². The molecule has 0 bridgehead atoms. The smallest absolute Gasteiger partial charge is 0.239 e. The normalized spacial score (nSPS) is 18.9. The van der Waals surface area contributed by atoms with Crippen molar-refractivity contribution in [2.24, 2.45) is 0 Å². The highest BCUT2D eigenvalue weighted by molar-refractivity contribution is 5.84. The molecule has 0 aromatic carbocycles. The number of nitrogens with one attached hydrogen (secondary N) is 1. The minimum atomic E-state index is -0.327. The van der Waals surface area contributed by atoms with Crippen LogP contribution in [0.5, 0.6) is 0 Å². The standard InChI is InChI=1S/C12H23N3O2/c1-9(11(16)14(3)4)13-10(2)12(17)15-7-5-6-8-15/h9-10,13H,5-8H2,1-4H3. The molecule has 1 saturated heterocycles. The predicted octanol–water partition coefficient (Wildman–Crippen LogP) is 0.0636. The van der Waals surface area contributed by atoms with Crippen molar-refractivity contribution in [1.29, 1.82) is 0 Å². The fraction of sp³-hybridized carbons (Fsp3) is 0.833. The number of amides is 2. The van der Waals surface area contributed by atoms with Gasteiger partial charge in [0.25, 0.3) is 0 Å². The van der Waals surface area contributed by atoms with Gasteiger partial charge in [0.15, 0.2) is 0 Å². The van der Waals surface area contributed by atoms with E-state index < -0.39 is 0 Å². The number of carbonyl (C=O) groups is 2. The summed E-state index contributed by atoms with van der Waals surface area (Å²) in [6, 6.07) is -0.626. The largest absolute Gasteiger partial charge is 0.347 e. The molecular weight excluding hydrogens is 218 g/mol. The molecule has 1 aliphatic heterocycles. The van der Waals surface area contributed by atoms with Crippen molar-refractivity contribution in [3.05, 3.63) is 0 Å². The Balaban J connectivity index is 2.45. The van der Waals surface area contributed by atoms with Crippen LogP contribution in [0.4, 0.5) is 0 Å². The number of hydrogen-bond donors (Lipinski definition) is 1. The van der Waals surface area contributed by atoms with Gasteiger partial charge in [-0.1, -0.05) is 0 Å². The monoisotopic (exact) mass is 241 g/mol. The maximum atomic E-state index is 12.0. The van der Waals surface area contributed by atoms with Crippen LogP contribution < -0.4 is 5.32 Å². The maximum Gasteiger partial charge on any atom is 0.239 e. The van der Waals surface area contributed by atoms with Gasteiger partial charge in [0.05, 0.1) is 12.1 Å². The lowest BCUT2D eigenvalue weighted by atomic mass is 10.2. The van der Waals surface area contributed by atoms with Gasteiger partial charge in [-0.05, 0) is 26.7 Å². The summed E-state index contributed by atoms with van der Waals surface area (Å²) in [5, 5.41) is 3.06. The van der Waals surface area contributed by atoms with Gasteiger partial charge < -0.3 is 9.80 Å². The molecule has 5 heteroatoms. The Labute approximate surface area is 103 Å². The summed E-state index contributed by atoms with van der Waals surface area (Å²) >= 11 is 0. The van der Waals surface area contributed by atoms with E-state index in [4.69, 9.17) is 0 Å². The fourth-order valence-corrected chi connectivity index (χ4v) is 2.12.